The fourth-order valence-electron chi connectivity index (χ4n) is 6.95. The lowest BCUT2D eigenvalue weighted by molar-refractivity contribution is -0.165. The summed E-state index contributed by atoms with van der Waals surface area (Å²) in [6.45, 7) is 9.37. The number of hydrogen-bond donors (Lipinski definition) is 0. The van der Waals surface area contributed by atoms with Gasteiger partial charge in [0.15, 0.2) is 0 Å². The van der Waals surface area contributed by atoms with Crippen LogP contribution in [0.5, 0.6) is 5.75 Å². The lowest BCUT2D eigenvalue weighted by Gasteiger charge is -2.36. The van der Waals surface area contributed by atoms with Gasteiger partial charge in [-0.2, -0.15) is 0 Å². The zero-order chi connectivity index (χ0) is 22.5. The van der Waals surface area contributed by atoms with E-state index in [1.54, 1.807) is 0 Å². The third-order valence-corrected chi connectivity index (χ3v) is 8.71. The Morgan fingerprint density at radius 2 is 1.47 bits per heavy atom. The average Bonchev–Trinajstić information content (AvgIpc) is 3.22. The third-order valence-electron chi connectivity index (χ3n) is 8.71. The van der Waals surface area contributed by atoms with E-state index in [2.05, 4.69) is 52.0 Å². The average molecular weight is 441 g/mol. The molecule has 32 heavy (non-hydrogen) atoms. The number of hydrogen-bond acceptors (Lipinski definition) is 2. The predicted molar refractivity (Wildman–Crippen MR) is 134 cm³/mol. The number of fused-ring (bicyclic) bond motifs is 1. The number of benzene rings is 1. The van der Waals surface area contributed by atoms with E-state index in [1.807, 2.05) is 0 Å². The van der Waals surface area contributed by atoms with Crippen molar-refractivity contribution in [3.8, 4) is 5.75 Å². The standard InChI is InChI=1S/C30H48O2/c1-21(2)20-29(22(3)4)24-14-17-26(18-15-24)32-30(31-25-11-6-5-7-12-25)28-19-16-23-10-8-9-13-27(23)28/h14-15,17-18,21-23,25,27-30H,5-13,16,19-20H2,1-4H3. The first-order valence-electron chi connectivity index (χ1n) is 13.9. The smallest absolute Gasteiger partial charge is 0.203 e. The van der Waals surface area contributed by atoms with E-state index < -0.39 is 0 Å². The second-order valence-corrected chi connectivity index (χ2v) is 11.9. The molecule has 3 aliphatic carbocycles. The summed E-state index contributed by atoms with van der Waals surface area (Å²) in [4.78, 5) is 0. The third kappa shape index (κ3) is 6.10. The van der Waals surface area contributed by atoms with E-state index >= 15 is 0 Å². The zero-order valence-corrected chi connectivity index (χ0v) is 21.2. The number of rotatable bonds is 9. The van der Waals surface area contributed by atoms with E-state index in [1.165, 1.54) is 82.6 Å². The van der Waals surface area contributed by atoms with Gasteiger partial charge in [-0.15, -0.1) is 0 Å². The molecule has 0 bridgehead atoms. The summed E-state index contributed by atoms with van der Waals surface area (Å²) in [6.07, 6.45) is 16.3. The molecule has 180 valence electrons. The summed E-state index contributed by atoms with van der Waals surface area (Å²) in [5.74, 6) is 5.31. The van der Waals surface area contributed by atoms with E-state index in [9.17, 15) is 0 Å². The predicted octanol–water partition coefficient (Wildman–Crippen LogP) is 8.74. The van der Waals surface area contributed by atoms with Crippen LogP contribution in [0.25, 0.3) is 0 Å². The van der Waals surface area contributed by atoms with Crippen molar-refractivity contribution in [2.75, 3.05) is 0 Å². The Hall–Kier alpha value is -1.02. The highest BCUT2D eigenvalue weighted by molar-refractivity contribution is 5.30. The highest BCUT2D eigenvalue weighted by Gasteiger charge is 2.43. The number of ether oxygens (including phenoxy) is 2. The second-order valence-electron chi connectivity index (χ2n) is 11.9. The largest absolute Gasteiger partial charge is 0.465 e. The van der Waals surface area contributed by atoms with Gasteiger partial charge in [0, 0.05) is 5.92 Å². The molecule has 1 aromatic carbocycles. The van der Waals surface area contributed by atoms with E-state index in [0.29, 0.717) is 23.9 Å². The van der Waals surface area contributed by atoms with Gasteiger partial charge in [0.05, 0.1) is 6.10 Å². The van der Waals surface area contributed by atoms with Gasteiger partial charge >= 0.3 is 0 Å². The van der Waals surface area contributed by atoms with E-state index in [4.69, 9.17) is 9.47 Å². The van der Waals surface area contributed by atoms with Crippen LogP contribution in [0.2, 0.25) is 0 Å². The highest BCUT2D eigenvalue weighted by atomic mass is 16.7. The molecular weight excluding hydrogens is 392 g/mol. The molecule has 2 nitrogen and oxygen atoms in total. The van der Waals surface area contributed by atoms with Gasteiger partial charge in [0.25, 0.3) is 0 Å². The minimum Gasteiger partial charge on any atom is -0.465 e. The molecule has 0 spiro atoms. The molecule has 0 aliphatic heterocycles. The first kappa shape index (κ1) is 24.1. The fourth-order valence-corrected chi connectivity index (χ4v) is 6.95. The van der Waals surface area contributed by atoms with Crippen molar-refractivity contribution in [3.05, 3.63) is 29.8 Å². The van der Waals surface area contributed by atoms with Crippen LogP contribution in [0.4, 0.5) is 0 Å². The molecule has 0 amide bonds. The minimum atomic E-state index is -0.0615. The first-order chi connectivity index (χ1) is 15.5. The summed E-state index contributed by atoms with van der Waals surface area (Å²) in [7, 11) is 0. The van der Waals surface area contributed by atoms with Crippen LogP contribution >= 0.6 is 0 Å². The lowest BCUT2D eigenvalue weighted by atomic mass is 9.78. The fraction of sp³-hybridized carbons (Fsp3) is 0.800. The molecule has 3 fully saturated rings. The van der Waals surface area contributed by atoms with Crippen LogP contribution in [-0.4, -0.2) is 12.4 Å². The van der Waals surface area contributed by atoms with Crippen molar-refractivity contribution in [1.29, 1.82) is 0 Å². The molecule has 1 aromatic rings. The normalized spacial score (nSPS) is 28.6. The van der Waals surface area contributed by atoms with Crippen LogP contribution in [0.1, 0.15) is 116 Å². The SMILES string of the molecule is CC(C)CC(c1ccc(OC(OC2CCCCC2)C2CCC3CCCCC32)cc1)C(C)C. The summed E-state index contributed by atoms with van der Waals surface area (Å²) < 4.78 is 13.5. The van der Waals surface area contributed by atoms with Crippen LogP contribution in [0.15, 0.2) is 24.3 Å². The zero-order valence-electron chi connectivity index (χ0n) is 21.2. The molecule has 3 saturated carbocycles. The van der Waals surface area contributed by atoms with Crippen LogP contribution in [0, 0.1) is 29.6 Å². The van der Waals surface area contributed by atoms with Crippen LogP contribution in [-0.2, 0) is 4.74 Å². The monoisotopic (exact) mass is 440 g/mol. The molecule has 3 aliphatic rings. The maximum atomic E-state index is 6.77. The molecule has 0 radical (unpaired) electrons. The quantitative estimate of drug-likeness (QED) is 0.357. The molecule has 0 N–H and O–H groups in total. The molecule has 2 heteroatoms. The van der Waals surface area contributed by atoms with E-state index in [0.717, 1.165) is 23.5 Å². The maximum absolute atomic E-state index is 6.77. The van der Waals surface area contributed by atoms with Gasteiger partial charge in [-0.3, -0.25) is 0 Å². The van der Waals surface area contributed by atoms with Crippen molar-refractivity contribution >= 4 is 0 Å². The van der Waals surface area contributed by atoms with Crippen molar-refractivity contribution in [2.24, 2.45) is 29.6 Å². The topological polar surface area (TPSA) is 18.5 Å². The molecule has 0 heterocycles. The summed E-state index contributed by atoms with van der Waals surface area (Å²) in [6, 6.07) is 9.07. The Morgan fingerprint density at radius 3 is 2.16 bits per heavy atom. The van der Waals surface area contributed by atoms with Crippen molar-refractivity contribution in [2.45, 2.75) is 123 Å². The van der Waals surface area contributed by atoms with Gasteiger partial charge in [0.1, 0.15) is 5.75 Å². The molecule has 4 rings (SSSR count). The van der Waals surface area contributed by atoms with Gasteiger partial charge < -0.3 is 9.47 Å². The van der Waals surface area contributed by atoms with Crippen molar-refractivity contribution in [1.82, 2.24) is 0 Å². The van der Waals surface area contributed by atoms with Crippen LogP contribution in [0.3, 0.4) is 0 Å². The molecule has 0 saturated heterocycles. The minimum absolute atomic E-state index is 0.0615. The van der Waals surface area contributed by atoms with Crippen molar-refractivity contribution in [3.63, 3.8) is 0 Å². The highest BCUT2D eigenvalue weighted by Crippen LogP contribution is 2.48. The Labute approximate surface area is 197 Å². The van der Waals surface area contributed by atoms with Gasteiger partial charge in [-0.1, -0.05) is 78.4 Å². The summed E-state index contributed by atoms with van der Waals surface area (Å²) >= 11 is 0. The molecule has 0 aromatic heterocycles. The van der Waals surface area contributed by atoms with Gasteiger partial charge in [-0.05, 0) is 85.8 Å². The maximum Gasteiger partial charge on any atom is 0.203 e. The Bertz CT molecular complexity index is 673. The lowest BCUT2D eigenvalue weighted by Crippen LogP contribution is -2.38. The van der Waals surface area contributed by atoms with Crippen molar-refractivity contribution < 1.29 is 9.47 Å². The second kappa shape index (κ2) is 11.4. The van der Waals surface area contributed by atoms with Gasteiger partial charge in [0.2, 0.25) is 6.29 Å². The molecule has 5 atom stereocenters. The first-order valence-corrected chi connectivity index (χ1v) is 13.9. The molecular formula is C30H48O2. The van der Waals surface area contributed by atoms with Crippen LogP contribution < -0.4 is 4.74 Å². The molecule has 5 unspecified atom stereocenters. The summed E-state index contributed by atoms with van der Waals surface area (Å²) in [5.41, 5.74) is 1.46. The van der Waals surface area contributed by atoms with E-state index in [-0.39, 0.29) is 6.29 Å². The Kier molecular flexibility index (Phi) is 8.60. The Morgan fingerprint density at radius 1 is 0.781 bits per heavy atom. The Balaban J connectivity index is 1.47. The summed E-state index contributed by atoms with van der Waals surface area (Å²) in [5, 5.41) is 0. The van der Waals surface area contributed by atoms with Gasteiger partial charge in [-0.25, -0.2) is 0 Å².